The van der Waals surface area contributed by atoms with Gasteiger partial charge in [-0.05, 0) is 74.5 Å². The van der Waals surface area contributed by atoms with Crippen molar-refractivity contribution in [3.63, 3.8) is 0 Å². The summed E-state index contributed by atoms with van der Waals surface area (Å²) in [7, 11) is 0. The summed E-state index contributed by atoms with van der Waals surface area (Å²) in [6.45, 7) is 9.46. The van der Waals surface area contributed by atoms with E-state index in [1.165, 1.54) is 18.4 Å². The van der Waals surface area contributed by atoms with E-state index in [0.29, 0.717) is 11.3 Å². The van der Waals surface area contributed by atoms with Gasteiger partial charge in [0.15, 0.2) is 0 Å². The van der Waals surface area contributed by atoms with Crippen molar-refractivity contribution in [1.82, 2.24) is 0 Å². The largest absolute Gasteiger partial charge is 0.242 e. The second-order valence-electron chi connectivity index (χ2n) is 9.42. The summed E-state index contributed by atoms with van der Waals surface area (Å²) in [6.07, 6.45) is 14.3. The lowest BCUT2D eigenvalue weighted by molar-refractivity contribution is -0.126. The Bertz CT molecular complexity index is 560. The molecule has 0 spiro atoms. The van der Waals surface area contributed by atoms with E-state index in [0.717, 1.165) is 43.9 Å². The molecule has 4 rings (SSSR count). The minimum atomic E-state index is -1.01. The lowest BCUT2D eigenvalue weighted by Crippen LogP contribution is -2.59. The van der Waals surface area contributed by atoms with E-state index in [9.17, 15) is 0 Å². The maximum Gasteiger partial charge on any atom is 0.126 e. The number of allylic oxidation sites excluding steroid dienone is 4. The van der Waals surface area contributed by atoms with E-state index in [1.54, 1.807) is 0 Å². The highest BCUT2D eigenvalue weighted by Crippen LogP contribution is 2.70. The van der Waals surface area contributed by atoms with Gasteiger partial charge < -0.3 is 0 Å². The molecule has 0 aliphatic heterocycles. The molecule has 4 aliphatic carbocycles. The fourth-order valence-corrected chi connectivity index (χ4v) is 7.56. The van der Waals surface area contributed by atoms with Crippen LogP contribution in [0.5, 0.6) is 0 Å². The summed E-state index contributed by atoms with van der Waals surface area (Å²) >= 11 is 0. The molecule has 0 saturated heterocycles. The maximum absolute atomic E-state index is 16.6. The van der Waals surface area contributed by atoms with Gasteiger partial charge in [0, 0.05) is 5.41 Å². The molecule has 0 amide bonds. The van der Waals surface area contributed by atoms with E-state index in [1.807, 2.05) is 0 Å². The van der Waals surface area contributed by atoms with Gasteiger partial charge in [-0.15, -0.1) is 0 Å². The van der Waals surface area contributed by atoms with Gasteiger partial charge in [0.2, 0.25) is 0 Å². The molecule has 3 saturated carbocycles. The van der Waals surface area contributed by atoms with Crippen molar-refractivity contribution >= 4 is 0 Å². The molecule has 1 heteroatoms. The monoisotopic (exact) mass is 316 g/mol. The standard InChI is InChI=1S/C22H33F/c1-5-17-15(2)14-19-18-10-9-16-8-6-7-11-21(16,4)22(18,23)13-12-20(17,19)3/h7-8,11,15,17-19H,5-6,9-10,12-14H2,1-4H3/t15-,17-,18-,19-,20+,21-,22+/m0/s1. The predicted octanol–water partition coefficient (Wildman–Crippen LogP) is 6.48. The molecule has 7 atom stereocenters. The molecular weight excluding hydrogens is 283 g/mol. The van der Waals surface area contributed by atoms with E-state index in [4.69, 9.17) is 0 Å². The number of fused-ring (bicyclic) bond motifs is 5. The highest BCUT2D eigenvalue weighted by molar-refractivity contribution is 5.36. The Kier molecular flexibility index (Phi) is 3.43. The molecule has 4 aliphatic rings. The first kappa shape index (κ1) is 15.9. The Hall–Kier alpha value is -0.590. The topological polar surface area (TPSA) is 0 Å². The second kappa shape index (κ2) is 4.96. The van der Waals surface area contributed by atoms with Crippen molar-refractivity contribution in [3.8, 4) is 0 Å². The molecular formula is C22H33F. The zero-order chi connectivity index (χ0) is 16.5. The van der Waals surface area contributed by atoms with Crippen LogP contribution in [0, 0.1) is 34.5 Å². The number of hydrogen-bond acceptors (Lipinski definition) is 0. The van der Waals surface area contributed by atoms with Crippen LogP contribution < -0.4 is 0 Å². The zero-order valence-corrected chi connectivity index (χ0v) is 15.4. The third-order valence-corrected chi connectivity index (χ3v) is 8.75. The van der Waals surface area contributed by atoms with Crippen LogP contribution in [-0.2, 0) is 0 Å². The smallest absolute Gasteiger partial charge is 0.126 e. The summed E-state index contributed by atoms with van der Waals surface area (Å²) < 4.78 is 16.6. The average molecular weight is 317 g/mol. The van der Waals surface area contributed by atoms with Crippen molar-refractivity contribution in [1.29, 1.82) is 0 Å². The number of rotatable bonds is 1. The minimum Gasteiger partial charge on any atom is -0.242 e. The molecule has 0 radical (unpaired) electrons. The Morgan fingerprint density at radius 1 is 1.22 bits per heavy atom. The lowest BCUT2D eigenvalue weighted by Gasteiger charge is -2.60. The van der Waals surface area contributed by atoms with Crippen molar-refractivity contribution in [2.75, 3.05) is 0 Å². The van der Waals surface area contributed by atoms with Crippen LogP contribution in [0.3, 0.4) is 0 Å². The third-order valence-electron chi connectivity index (χ3n) is 8.75. The van der Waals surface area contributed by atoms with E-state index in [-0.39, 0.29) is 11.3 Å². The maximum atomic E-state index is 16.6. The van der Waals surface area contributed by atoms with E-state index >= 15 is 4.39 Å². The molecule has 128 valence electrons. The zero-order valence-electron chi connectivity index (χ0n) is 15.4. The van der Waals surface area contributed by atoms with Gasteiger partial charge in [-0.1, -0.05) is 51.0 Å². The van der Waals surface area contributed by atoms with Gasteiger partial charge in [0.25, 0.3) is 0 Å². The highest BCUT2D eigenvalue weighted by atomic mass is 19.1. The summed E-state index contributed by atoms with van der Waals surface area (Å²) in [4.78, 5) is 0. The lowest BCUT2D eigenvalue weighted by atomic mass is 9.46. The number of alkyl halides is 1. The van der Waals surface area contributed by atoms with Crippen LogP contribution in [0.2, 0.25) is 0 Å². The van der Waals surface area contributed by atoms with Crippen LogP contribution in [0.1, 0.15) is 72.6 Å². The van der Waals surface area contributed by atoms with Gasteiger partial charge in [0.1, 0.15) is 5.67 Å². The Balaban J connectivity index is 1.75. The second-order valence-corrected chi connectivity index (χ2v) is 9.42. The summed E-state index contributed by atoms with van der Waals surface area (Å²) in [5, 5.41) is 0. The first-order chi connectivity index (χ1) is 10.9. The fourth-order valence-electron chi connectivity index (χ4n) is 7.56. The van der Waals surface area contributed by atoms with E-state index in [2.05, 4.69) is 45.9 Å². The molecule has 0 aromatic rings. The average Bonchev–Trinajstić information content (AvgIpc) is 2.78. The van der Waals surface area contributed by atoms with Crippen LogP contribution in [0.25, 0.3) is 0 Å². The summed E-state index contributed by atoms with van der Waals surface area (Å²) in [5.74, 6) is 2.42. The van der Waals surface area contributed by atoms with Crippen molar-refractivity contribution in [3.05, 3.63) is 23.8 Å². The van der Waals surface area contributed by atoms with Gasteiger partial charge in [-0.2, -0.15) is 0 Å². The highest BCUT2D eigenvalue weighted by Gasteiger charge is 2.66. The molecule has 0 unspecified atom stereocenters. The quantitative estimate of drug-likeness (QED) is 0.486. The molecule has 23 heavy (non-hydrogen) atoms. The summed E-state index contributed by atoms with van der Waals surface area (Å²) in [6, 6.07) is 0. The van der Waals surface area contributed by atoms with E-state index < -0.39 is 5.67 Å². The third kappa shape index (κ3) is 1.83. The van der Waals surface area contributed by atoms with Gasteiger partial charge in [-0.3, -0.25) is 0 Å². The van der Waals surface area contributed by atoms with Crippen LogP contribution in [0.4, 0.5) is 4.39 Å². The number of halogens is 1. The minimum absolute atomic E-state index is 0.269. The van der Waals surface area contributed by atoms with Gasteiger partial charge >= 0.3 is 0 Å². The first-order valence-corrected chi connectivity index (χ1v) is 9.93. The van der Waals surface area contributed by atoms with Crippen LogP contribution >= 0.6 is 0 Å². The fraction of sp³-hybridized carbons (Fsp3) is 0.818. The van der Waals surface area contributed by atoms with Crippen LogP contribution in [-0.4, -0.2) is 5.67 Å². The Morgan fingerprint density at radius 3 is 2.74 bits per heavy atom. The Labute approximate surface area is 141 Å². The van der Waals surface area contributed by atoms with Gasteiger partial charge in [-0.25, -0.2) is 4.39 Å². The molecule has 0 nitrogen and oxygen atoms in total. The molecule has 0 bridgehead atoms. The van der Waals surface area contributed by atoms with Crippen molar-refractivity contribution < 1.29 is 4.39 Å². The SMILES string of the molecule is CC[C@H]1[C@@H](C)C[C@H]2[C@@H]3CCC4=CCC=C[C@]4(C)[C@@]3(F)CC[C@]12C. The van der Waals surface area contributed by atoms with Crippen molar-refractivity contribution in [2.45, 2.75) is 78.3 Å². The molecule has 0 aromatic heterocycles. The van der Waals surface area contributed by atoms with Crippen molar-refractivity contribution in [2.24, 2.45) is 34.5 Å². The molecule has 0 N–H and O–H groups in total. The predicted molar refractivity (Wildman–Crippen MR) is 94.9 cm³/mol. The Morgan fingerprint density at radius 2 is 2.00 bits per heavy atom. The molecule has 0 heterocycles. The number of hydrogen-bond donors (Lipinski definition) is 0. The van der Waals surface area contributed by atoms with Gasteiger partial charge in [0.05, 0.1) is 0 Å². The van der Waals surface area contributed by atoms with Crippen LogP contribution in [0.15, 0.2) is 23.8 Å². The first-order valence-electron chi connectivity index (χ1n) is 9.93. The molecule has 0 aromatic carbocycles. The summed E-state index contributed by atoms with van der Waals surface area (Å²) in [5.41, 5.74) is 0.425. The normalized spacial score (nSPS) is 54.9. The molecule has 3 fully saturated rings.